The molecule has 0 aliphatic carbocycles. The van der Waals surface area contributed by atoms with Gasteiger partial charge in [-0.15, -0.1) is 0 Å². The van der Waals surface area contributed by atoms with Gasteiger partial charge in [0.25, 0.3) is 0 Å². The van der Waals surface area contributed by atoms with Crippen molar-refractivity contribution in [1.82, 2.24) is 9.80 Å². The van der Waals surface area contributed by atoms with E-state index in [1.807, 2.05) is 25.7 Å². The summed E-state index contributed by atoms with van der Waals surface area (Å²) < 4.78 is 24.9. The SMILES string of the molecule is CCOC(=O)C(c1ccc(Br)c(F)c1)N1CCN(C(=O)OC(C)(C)C)CC1. The molecule has 0 saturated carbocycles. The number of hydrogen-bond donors (Lipinski definition) is 0. The Morgan fingerprint density at radius 1 is 1.22 bits per heavy atom. The lowest BCUT2D eigenvalue weighted by atomic mass is 10.0. The second kappa shape index (κ2) is 9.01. The minimum absolute atomic E-state index is 0.242. The van der Waals surface area contributed by atoms with Gasteiger partial charge in [0, 0.05) is 26.2 Å². The Hall–Kier alpha value is -1.67. The molecule has 1 aromatic carbocycles. The number of ether oxygens (including phenoxy) is 2. The minimum Gasteiger partial charge on any atom is -0.465 e. The molecular formula is C19H26BrFN2O4. The number of esters is 1. The van der Waals surface area contributed by atoms with Crippen molar-refractivity contribution in [2.24, 2.45) is 0 Å². The van der Waals surface area contributed by atoms with Crippen molar-refractivity contribution in [2.75, 3.05) is 32.8 Å². The monoisotopic (exact) mass is 444 g/mol. The van der Waals surface area contributed by atoms with Crippen LogP contribution in [0.1, 0.15) is 39.3 Å². The maximum Gasteiger partial charge on any atom is 0.410 e. The Bertz CT molecular complexity index is 685. The topological polar surface area (TPSA) is 59.1 Å². The number of hydrogen-bond acceptors (Lipinski definition) is 5. The summed E-state index contributed by atoms with van der Waals surface area (Å²) in [6.45, 7) is 9.19. The molecule has 1 aliphatic heterocycles. The first-order valence-corrected chi connectivity index (χ1v) is 9.75. The zero-order valence-electron chi connectivity index (χ0n) is 16.1. The van der Waals surface area contributed by atoms with Crippen LogP contribution in [0.15, 0.2) is 22.7 Å². The van der Waals surface area contributed by atoms with E-state index in [0.29, 0.717) is 36.2 Å². The van der Waals surface area contributed by atoms with Crippen LogP contribution in [0.3, 0.4) is 0 Å². The summed E-state index contributed by atoms with van der Waals surface area (Å²) in [6.07, 6.45) is -0.371. The first-order valence-electron chi connectivity index (χ1n) is 8.96. The summed E-state index contributed by atoms with van der Waals surface area (Å²) in [5, 5.41) is 0. The van der Waals surface area contributed by atoms with E-state index in [1.165, 1.54) is 6.07 Å². The molecule has 6 nitrogen and oxygen atoms in total. The van der Waals surface area contributed by atoms with E-state index in [1.54, 1.807) is 24.0 Å². The highest BCUT2D eigenvalue weighted by atomic mass is 79.9. The van der Waals surface area contributed by atoms with Crippen molar-refractivity contribution in [3.63, 3.8) is 0 Å². The van der Waals surface area contributed by atoms with Crippen molar-refractivity contribution in [3.05, 3.63) is 34.1 Å². The molecule has 1 heterocycles. The maximum absolute atomic E-state index is 14.0. The van der Waals surface area contributed by atoms with Gasteiger partial charge < -0.3 is 14.4 Å². The predicted octanol–water partition coefficient (Wildman–Crippen LogP) is 3.75. The van der Waals surface area contributed by atoms with E-state index in [0.717, 1.165) is 0 Å². The fourth-order valence-corrected chi connectivity index (χ4v) is 3.14. The van der Waals surface area contributed by atoms with Crippen molar-refractivity contribution in [2.45, 2.75) is 39.3 Å². The van der Waals surface area contributed by atoms with Crippen LogP contribution in [0.25, 0.3) is 0 Å². The molecule has 27 heavy (non-hydrogen) atoms. The standard InChI is InChI=1S/C19H26BrFN2O4/c1-5-26-17(24)16(13-6-7-14(20)15(21)12-13)22-8-10-23(11-9-22)18(25)27-19(2,3)4/h6-7,12,16H,5,8-11H2,1-4H3. The summed E-state index contributed by atoms with van der Waals surface area (Å²) in [7, 11) is 0. The molecule has 0 bridgehead atoms. The van der Waals surface area contributed by atoms with E-state index in [4.69, 9.17) is 9.47 Å². The lowest BCUT2D eigenvalue weighted by Gasteiger charge is -2.38. The molecule has 1 atom stereocenters. The van der Waals surface area contributed by atoms with E-state index in [9.17, 15) is 14.0 Å². The molecule has 8 heteroatoms. The summed E-state index contributed by atoms with van der Waals surface area (Å²) in [6, 6.07) is 3.91. The minimum atomic E-state index is -0.715. The third-order valence-corrected chi connectivity index (χ3v) is 4.74. The summed E-state index contributed by atoms with van der Waals surface area (Å²) in [4.78, 5) is 28.3. The van der Waals surface area contributed by atoms with Gasteiger partial charge in [0.15, 0.2) is 0 Å². The number of amides is 1. The largest absolute Gasteiger partial charge is 0.465 e. The molecule has 1 aromatic rings. The first-order chi connectivity index (χ1) is 12.6. The van der Waals surface area contributed by atoms with Gasteiger partial charge in [-0.25, -0.2) is 14.0 Å². The molecule has 1 aliphatic rings. The summed E-state index contributed by atoms with van der Waals surface area (Å²) in [5.74, 6) is -0.862. The Morgan fingerprint density at radius 3 is 2.37 bits per heavy atom. The van der Waals surface area contributed by atoms with Crippen LogP contribution < -0.4 is 0 Å². The number of piperazine rings is 1. The summed E-state index contributed by atoms with van der Waals surface area (Å²) >= 11 is 3.13. The van der Waals surface area contributed by atoms with Crippen molar-refractivity contribution >= 4 is 28.0 Å². The van der Waals surface area contributed by atoms with Gasteiger partial charge >= 0.3 is 12.1 Å². The molecule has 0 N–H and O–H groups in total. The molecule has 150 valence electrons. The molecule has 0 spiro atoms. The molecule has 1 fully saturated rings. The smallest absolute Gasteiger partial charge is 0.410 e. The van der Waals surface area contributed by atoms with Crippen LogP contribution >= 0.6 is 15.9 Å². The Balaban J connectivity index is 2.13. The molecule has 1 amide bonds. The summed E-state index contributed by atoms with van der Waals surface area (Å²) in [5.41, 5.74) is -0.0312. The van der Waals surface area contributed by atoms with Crippen molar-refractivity contribution < 1.29 is 23.5 Å². The number of nitrogens with zero attached hydrogens (tertiary/aromatic N) is 2. The zero-order chi connectivity index (χ0) is 20.2. The third kappa shape index (κ3) is 5.90. The number of halogens is 2. The predicted molar refractivity (Wildman–Crippen MR) is 103 cm³/mol. The molecule has 2 rings (SSSR count). The van der Waals surface area contributed by atoms with E-state index >= 15 is 0 Å². The van der Waals surface area contributed by atoms with Crippen LogP contribution in [0, 0.1) is 5.82 Å². The molecule has 1 unspecified atom stereocenters. The van der Waals surface area contributed by atoms with E-state index in [2.05, 4.69) is 15.9 Å². The highest BCUT2D eigenvalue weighted by Gasteiger charge is 2.34. The van der Waals surface area contributed by atoms with Crippen LogP contribution in [0.5, 0.6) is 0 Å². The normalized spacial score (nSPS) is 16.7. The Labute approximate surface area is 167 Å². The van der Waals surface area contributed by atoms with Gasteiger partial charge in [0.2, 0.25) is 0 Å². The highest BCUT2D eigenvalue weighted by Crippen LogP contribution is 2.27. The van der Waals surface area contributed by atoms with Gasteiger partial charge in [0.1, 0.15) is 17.5 Å². The van der Waals surface area contributed by atoms with E-state index in [-0.39, 0.29) is 12.7 Å². The van der Waals surface area contributed by atoms with Gasteiger partial charge in [-0.2, -0.15) is 0 Å². The third-order valence-electron chi connectivity index (χ3n) is 4.10. The van der Waals surface area contributed by atoms with Crippen LogP contribution in [-0.4, -0.2) is 60.2 Å². The van der Waals surface area contributed by atoms with Crippen LogP contribution in [0.4, 0.5) is 9.18 Å². The Kier molecular flexibility index (Phi) is 7.22. The fourth-order valence-electron chi connectivity index (χ4n) is 2.89. The second-order valence-corrected chi connectivity index (χ2v) is 8.19. The number of benzene rings is 1. The van der Waals surface area contributed by atoms with Crippen molar-refractivity contribution in [1.29, 1.82) is 0 Å². The first kappa shape index (κ1) is 21.6. The number of carbonyl (C=O) groups excluding carboxylic acids is 2. The van der Waals surface area contributed by atoms with Gasteiger partial charge in [-0.05, 0) is 61.3 Å². The Morgan fingerprint density at radius 2 is 1.85 bits per heavy atom. The average Bonchev–Trinajstić information content (AvgIpc) is 2.57. The van der Waals surface area contributed by atoms with Gasteiger partial charge in [0.05, 0.1) is 11.1 Å². The number of rotatable bonds is 4. The molecule has 0 aromatic heterocycles. The van der Waals surface area contributed by atoms with Crippen LogP contribution in [0.2, 0.25) is 0 Å². The fraction of sp³-hybridized carbons (Fsp3) is 0.579. The zero-order valence-corrected chi connectivity index (χ0v) is 17.7. The lowest BCUT2D eigenvalue weighted by Crippen LogP contribution is -2.52. The molecule has 0 radical (unpaired) electrons. The van der Waals surface area contributed by atoms with E-state index < -0.39 is 23.4 Å². The second-order valence-electron chi connectivity index (χ2n) is 7.33. The quantitative estimate of drug-likeness (QED) is 0.661. The molecule has 1 saturated heterocycles. The van der Waals surface area contributed by atoms with Gasteiger partial charge in [-0.3, -0.25) is 4.90 Å². The van der Waals surface area contributed by atoms with Crippen molar-refractivity contribution in [3.8, 4) is 0 Å². The lowest BCUT2D eigenvalue weighted by molar-refractivity contribution is -0.150. The highest BCUT2D eigenvalue weighted by molar-refractivity contribution is 9.10. The average molecular weight is 445 g/mol. The van der Waals surface area contributed by atoms with Gasteiger partial charge in [-0.1, -0.05) is 6.07 Å². The number of carbonyl (C=O) groups is 2. The maximum atomic E-state index is 14.0. The van der Waals surface area contributed by atoms with Crippen LogP contribution in [-0.2, 0) is 14.3 Å². The molecular weight excluding hydrogens is 419 g/mol.